The predicted octanol–water partition coefficient (Wildman–Crippen LogP) is 2.38. The molecule has 0 aliphatic carbocycles. The highest BCUT2D eigenvalue weighted by Gasteiger charge is 2.49. The second-order valence-corrected chi connectivity index (χ2v) is 8.46. The maximum absolute atomic E-state index is 12.6. The summed E-state index contributed by atoms with van der Waals surface area (Å²) in [6.45, 7) is 1.18. The second-order valence-electron chi connectivity index (χ2n) is 3.91. The summed E-state index contributed by atoms with van der Waals surface area (Å²) >= 11 is 5.39. The fraction of sp³-hybridized carbons (Fsp3) is 0.400. The number of rotatable bonds is 4. The molecule has 10 heteroatoms. The van der Waals surface area contributed by atoms with E-state index < -0.39 is 40.2 Å². The molecule has 1 unspecified atom stereocenters. The van der Waals surface area contributed by atoms with Crippen LogP contribution in [0.4, 0.5) is 13.2 Å². The lowest BCUT2D eigenvalue weighted by atomic mass is 10.4. The molecule has 0 aromatic heterocycles. The van der Waals surface area contributed by atoms with E-state index in [-0.39, 0.29) is 5.88 Å². The predicted molar refractivity (Wildman–Crippen MR) is 67.1 cm³/mol. The molecule has 0 fully saturated rings. The smallest absolute Gasteiger partial charge is 0.223 e. The van der Waals surface area contributed by atoms with Crippen LogP contribution in [0, 0.1) is 0 Å². The average Bonchev–Trinajstić information content (AvgIpc) is 2.36. The molecule has 0 heterocycles. The molecule has 1 rings (SSSR count). The summed E-state index contributed by atoms with van der Waals surface area (Å²) in [7, 11) is -10.0. The molecule has 0 spiro atoms. The van der Waals surface area contributed by atoms with Crippen molar-refractivity contribution >= 4 is 31.3 Å². The van der Waals surface area contributed by atoms with Gasteiger partial charge in [0.2, 0.25) is 0 Å². The van der Waals surface area contributed by atoms with E-state index in [0.29, 0.717) is 6.07 Å². The van der Waals surface area contributed by atoms with Crippen LogP contribution in [-0.2, 0) is 19.7 Å². The zero-order chi connectivity index (χ0) is 15.8. The third-order valence-electron chi connectivity index (χ3n) is 2.50. The van der Waals surface area contributed by atoms with Gasteiger partial charge in [-0.15, -0.1) is 11.6 Å². The SMILES string of the molecule is CC(CCl)S(=O)(=O)c1ccccc1S(=O)(=O)C(F)(F)F. The van der Waals surface area contributed by atoms with Gasteiger partial charge < -0.3 is 0 Å². The fourth-order valence-corrected chi connectivity index (χ4v) is 4.56. The van der Waals surface area contributed by atoms with Crippen molar-refractivity contribution in [3.05, 3.63) is 24.3 Å². The Morgan fingerprint density at radius 1 is 1.10 bits per heavy atom. The third-order valence-corrected chi connectivity index (χ3v) is 7.01. The van der Waals surface area contributed by atoms with Gasteiger partial charge >= 0.3 is 5.51 Å². The topological polar surface area (TPSA) is 68.3 Å². The van der Waals surface area contributed by atoms with Crippen molar-refractivity contribution in [2.75, 3.05) is 5.88 Å². The molecule has 0 saturated heterocycles. The third kappa shape index (κ3) is 2.94. The second kappa shape index (κ2) is 5.53. The number of halogens is 4. The molecule has 1 aromatic rings. The van der Waals surface area contributed by atoms with Crippen LogP contribution in [0.2, 0.25) is 0 Å². The molecule has 0 radical (unpaired) electrons. The fourth-order valence-electron chi connectivity index (χ4n) is 1.33. The Morgan fingerprint density at radius 2 is 1.55 bits per heavy atom. The highest BCUT2D eigenvalue weighted by molar-refractivity contribution is 7.95. The summed E-state index contributed by atoms with van der Waals surface area (Å²) < 4.78 is 84.6. The number of sulfone groups is 2. The van der Waals surface area contributed by atoms with Crippen LogP contribution in [0.25, 0.3) is 0 Å². The monoisotopic (exact) mass is 350 g/mol. The van der Waals surface area contributed by atoms with Crippen LogP contribution in [0.15, 0.2) is 34.1 Å². The summed E-state index contributed by atoms with van der Waals surface area (Å²) in [5.41, 5.74) is -5.58. The van der Waals surface area contributed by atoms with E-state index in [4.69, 9.17) is 11.6 Å². The van der Waals surface area contributed by atoms with Gasteiger partial charge in [-0.05, 0) is 19.1 Å². The molecule has 0 N–H and O–H groups in total. The van der Waals surface area contributed by atoms with Crippen molar-refractivity contribution in [2.45, 2.75) is 27.5 Å². The van der Waals surface area contributed by atoms with Gasteiger partial charge in [-0.1, -0.05) is 12.1 Å². The number of alkyl halides is 4. The minimum atomic E-state index is -5.75. The van der Waals surface area contributed by atoms with Gasteiger partial charge in [0.05, 0.1) is 15.0 Å². The molecule has 0 aliphatic rings. The van der Waals surface area contributed by atoms with Gasteiger partial charge in [-0.3, -0.25) is 0 Å². The Bertz CT molecular complexity index is 695. The summed E-state index contributed by atoms with van der Waals surface area (Å²) in [5, 5.41) is -1.21. The van der Waals surface area contributed by atoms with Crippen molar-refractivity contribution in [2.24, 2.45) is 0 Å². The molecular formula is C10H10ClF3O4S2. The lowest BCUT2D eigenvalue weighted by molar-refractivity contribution is -0.0437. The van der Waals surface area contributed by atoms with Crippen molar-refractivity contribution in [3.8, 4) is 0 Å². The molecule has 4 nitrogen and oxygen atoms in total. The molecule has 0 bridgehead atoms. The van der Waals surface area contributed by atoms with Gasteiger partial charge in [0.25, 0.3) is 9.84 Å². The van der Waals surface area contributed by atoms with Crippen LogP contribution in [0.3, 0.4) is 0 Å². The van der Waals surface area contributed by atoms with Crippen LogP contribution < -0.4 is 0 Å². The number of hydrogen-bond donors (Lipinski definition) is 0. The molecule has 0 aliphatic heterocycles. The molecule has 20 heavy (non-hydrogen) atoms. The number of benzene rings is 1. The first-order valence-corrected chi connectivity index (χ1v) is 8.73. The summed E-state index contributed by atoms with van der Waals surface area (Å²) in [6.07, 6.45) is 0. The zero-order valence-corrected chi connectivity index (χ0v) is 12.4. The highest BCUT2D eigenvalue weighted by Crippen LogP contribution is 2.34. The Hall–Kier alpha value is -0.800. The van der Waals surface area contributed by atoms with Crippen LogP contribution in [-0.4, -0.2) is 33.5 Å². The average molecular weight is 351 g/mol. The minimum Gasteiger partial charge on any atom is -0.223 e. The minimum absolute atomic E-state index is 0.372. The highest BCUT2D eigenvalue weighted by atomic mass is 35.5. The zero-order valence-electron chi connectivity index (χ0n) is 10.1. The maximum Gasteiger partial charge on any atom is 0.501 e. The van der Waals surface area contributed by atoms with Gasteiger partial charge in [-0.25, -0.2) is 16.8 Å². The van der Waals surface area contributed by atoms with E-state index in [1.807, 2.05) is 0 Å². The van der Waals surface area contributed by atoms with Crippen LogP contribution in [0.1, 0.15) is 6.92 Å². The number of hydrogen-bond acceptors (Lipinski definition) is 4. The largest absolute Gasteiger partial charge is 0.501 e. The van der Waals surface area contributed by atoms with Crippen molar-refractivity contribution in [1.29, 1.82) is 0 Å². The maximum atomic E-state index is 12.6. The van der Waals surface area contributed by atoms with Crippen molar-refractivity contribution in [1.82, 2.24) is 0 Å². The summed E-state index contributed by atoms with van der Waals surface area (Å²) in [6, 6.07) is 3.58. The van der Waals surface area contributed by atoms with Gasteiger partial charge in [0, 0.05) is 5.88 Å². The van der Waals surface area contributed by atoms with E-state index in [1.165, 1.54) is 6.92 Å². The van der Waals surface area contributed by atoms with E-state index in [1.54, 1.807) is 0 Å². The van der Waals surface area contributed by atoms with Crippen molar-refractivity contribution in [3.63, 3.8) is 0 Å². The standard InChI is InChI=1S/C10H10ClF3O4S2/c1-7(6-11)19(15,16)8-4-2-3-5-9(8)20(17,18)10(12,13)14/h2-5,7H,6H2,1H3. The summed E-state index contributed by atoms with van der Waals surface area (Å²) in [4.78, 5) is -2.19. The van der Waals surface area contributed by atoms with E-state index in [9.17, 15) is 30.0 Å². The Balaban J connectivity index is 3.65. The molecule has 0 amide bonds. The lowest BCUT2D eigenvalue weighted by Gasteiger charge is -2.15. The normalized spacial score (nSPS) is 15.1. The van der Waals surface area contributed by atoms with Crippen LogP contribution >= 0.6 is 11.6 Å². The molecule has 1 atom stereocenters. The van der Waals surface area contributed by atoms with E-state index >= 15 is 0 Å². The quantitative estimate of drug-likeness (QED) is 0.782. The van der Waals surface area contributed by atoms with Gasteiger partial charge in [0.15, 0.2) is 9.84 Å². The van der Waals surface area contributed by atoms with Gasteiger partial charge in [0.1, 0.15) is 0 Å². The molecule has 1 aromatic carbocycles. The van der Waals surface area contributed by atoms with Gasteiger partial charge in [-0.2, -0.15) is 13.2 Å². The molecular weight excluding hydrogens is 341 g/mol. The molecule has 114 valence electrons. The summed E-state index contributed by atoms with van der Waals surface area (Å²) in [5.74, 6) is -0.372. The first kappa shape index (κ1) is 17.3. The Labute approximate surface area is 119 Å². The van der Waals surface area contributed by atoms with Crippen LogP contribution in [0.5, 0.6) is 0 Å². The van der Waals surface area contributed by atoms with Crippen molar-refractivity contribution < 1.29 is 30.0 Å². The van der Waals surface area contributed by atoms with E-state index in [0.717, 1.165) is 18.2 Å². The Morgan fingerprint density at radius 3 is 1.95 bits per heavy atom. The lowest BCUT2D eigenvalue weighted by Crippen LogP contribution is -2.27. The Kier molecular flexibility index (Phi) is 4.77. The first-order valence-electron chi connectivity index (χ1n) is 5.16. The first-order chi connectivity index (χ1) is 8.96. The van der Waals surface area contributed by atoms with E-state index in [2.05, 4.69) is 0 Å². The molecule has 0 saturated carbocycles.